The summed E-state index contributed by atoms with van der Waals surface area (Å²) in [6.07, 6.45) is -3.08. The zero-order valence-electron chi connectivity index (χ0n) is 10.3. The van der Waals surface area contributed by atoms with Crippen LogP contribution in [-0.4, -0.2) is 27.1 Å². The first kappa shape index (κ1) is 14.3. The van der Waals surface area contributed by atoms with Gasteiger partial charge in [0.1, 0.15) is 11.4 Å². The lowest BCUT2D eigenvalue weighted by atomic mass is 9.86. The van der Waals surface area contributed by atoms with Crippen molar-refractivity contribution in [2.45, 2.75) is 30.2 Å². The highest BCUT2D eigenvalue weighted by atomic mass is 32.2. The number of benzene rings is 1. The van der Waals surface area contributed by atoms with Gasteiger partial charge < -0.3 is 5.32 Å². The maximum atomic E-state index is 13.4. The largest absolute Gasteiger partial charge is 0.303 e. The van der Waals surface area contributed by atoms with Crippen LogP contribution < -0.4 is 5.32 Å². The molecule has 1 N–H and O–H groups in total. The van der Waals surface area contributed by atoms with Gasteiger partial charge in [0, 0.05) is 0 Å². The molecule has 3 nitrogen and oxygen atoms in total. The first-order valence-corrected chi connectivity index (χ1v) is 7.54. The molecule has 2 rings (SSSR count). The zero-order chi connectivity index (χ0) is 14.3. The van der Waals surface area contributed by atoms with Crippen LogP contribution in [0.1, 0.15) is 18.9 Å². The minimum absolute atomic E-state index is 0.171. The summed E-state index contributed by atoms with van der Waals surface area (Å²) in [6.45, 7) is 1.88. The molecule has 0 aliphatic carbocycles. The van der Waals surface area contributed by atoms with Crippen LogP contribution in [0.25, 0.3) is 0 Å². The van der Waals surface area contributed by atoms with Crippen molar-refractivity contribution in [3.63, 3.8) is 0 Å². The topological polar surface area (TPSA) is 46.2 Å². The Morgan fingerprint density at radius 2 is 2.11 bits per heavy atom. The Kier molecular flexibility index (Phi) is 3.61. The molecule has 0 amide bonds. The van der Waals surface area contributed by atoms with E-state index in [-0.39, 0.29) is 29.2 Å². The van der Waals surface area contributed by atoms with Crippen molar-refractivity contribution in [2.24, 2.45) is 0 Å². The van der Waals surface area contributed by atoms with Crippen LogP contribution in [0.4, 0.5) is 13.2 Å². The first-order valence-electron chi connectivity index (χ1n) is 5.89. The van der Waals surface area contributed by atoms with E-state index in [1.807, 2.05) is 0 Å². The Hall–Kier alpha value is -1.08. The summed E-state index contributed by atoms with van der Waals surface area (Å²) in [5.74, 6) is -1.10. The van der Waals surface area contributed by atoms with Crippen LogP contribution in [0.3, 0.4) is 0 Å². The quantitative estimate of drug-likeness (QED) is 0.868. The van der Waals surface area contributed by atoms with Crippen molar-refractivity contribution in [2.75, 3.05) is 12.3 Å². The average Bonchev–Trinajstić information content (AvgIpc) is 2.32. The maximum absolute atomic E-state index is 13.4. The van der Waals surface area contributed by atoms with Crippen LogP contribution in [-0.2, 0) is 15.4 Å². The van der Waals surface area contributed by atoms with E-state index in [0.29, 0.717) is 0 Å². The van der Waals surface area contributed by atoms with Crippen LogP contribution >= 0.6 is 0 Å². The standard InChI is InChI=1S/C12H14F3NO2S/c1-2-16-12(11(14)15)5-6-19(17,18)10-4-3-8(13)7-9(10)12/h3-4,7,11,16H,2,5-6H2,1H3. The number of fused-ring (bicyclic) bond motifs is 1. The molecule has 0 aromatic heterocycles. The van der Waals surface area contributed by atoms with E-state index in [1.165, 1.54) is 0 Å². The molecule has 0 saturated heterocycles. The molecule has 0 saturated carbocycles. The van der Waals surface area contributed by atoms with Gasteiger partial charge in [0.05, 0.1) is 10.6 Å². The second kappa shape index (κ2) is 4.79. The lowest BCUT2D eigenvalue weighted by Crippen LogP contribution is -2.52. The minimum Gasteiger partial charge on any atom is -0.303 e. The van der Waals surface area contributed by atoms with Gasteiger partial charge >= 0.3 is 0 Å². The van der Waals surface area contributed by atoms with Crippen molar-refractivity contribution in [3.05, 3.63) is 29.6 Å². The van der Waals surface area contributed by atoms with Gasteiger partial charge in [0.2, 0.25) is 0 Å². The maximum Gasteiger partial charge on any atom is 0.260 e. The predicted molar refractivity (Wildman–Crippen MR) is 64.4 cm³/mol. The minimum atomic E-state index is -3.62. The third kappa shape index (κ3) is 2.25. The molecule has 1 heterocycles. The third-order valence-electron chi connectivity index (χ3n) is 3.39. The Bertz CT molecular complexity index is 589. The van der Waals surface area contributed by atoms with E-state index in [1.54, 1.807) is 6.92 Å². The molecular formula is C12H14F3NO2S. The van der Waals surface area contributed by atoms with Gasteiger partial charge in [0.25, 0.3) is 6.43 Å². The van der Waals surface area contributed by atoms with Gasteiger partial charge in [-0.05, 0) is 36.7 Å². The molecule has 0 radical (unpaired) electrons. The summed E-state index contributed by atoms with van der Waals surface area (Å²) >= 11 is 0. The van der Waals surface area contributed by atoms with Gasteiger partial charge in [-0.25, -0.2) is 21.6 Å². The third-order valence-corrected chi connectivity index (χ3v) is 5.15. The smallest absolute Gasteiger partial charge is 0.260 e. The molecule has 106 valence electrons. The van der Waals surface area contributed by atoms with E-state index in [0.717, 1.165) is 18.2 Å². The van der Waals surface area contributed by atoms with E-state index < -0.39 is 27.6 Å². The molecular weight excluding hydrogens is 279 g/mol. The van der Waals surface area contributed by atoms with Gasteiger partial charge in [-0.2, -0.15) is 0 Å². The molecule has 0 bridgehead atoms. The summed E-state index contributed by atoms with van der Waals surface area (Å²) < 4.78 is 64.0. The zero-order valence-corrected chi connectivity index (χ0v) is 11.1. The number of hydrogen-bond acceptors (Lipinski definition) is 3. The van der Waals surface area contributed by atoms with E-state index >= 15 is 0 Å². The molecule has 0 spiro atoms. The van der Waals surface area contributed by atoms with Gasteiger partial charge in [-0.15, -0.1) is 0 Å². The number of sulfone groups is 1. The molecule has 1 aromatic carbocycles. The number of halogens is 3. The molecule has 0 fully saturated rings. The Morgan fingerprint density at radius 1 is 1.42 bits per heavy atom. The second-order valence-electron chi connectivity index (χ2n) is 4.51. The summed E-state index contributed by atoms with van der Waals surface area (Å²) in [4.78, 5) is -0.207. The van der Waals surface area contributed by atoms with Crippen molar-refractivity contribution < 1.29 is 21.6 Å². The number of rotatable bonds is 3. The number of alkyl halides is 2. The van der Waals surface area contributed by atoms with Gasteiger partial charge in [-0.3, -0.25) is 0 Å². The highest BCUT2D eigenvalue weighted by Crippen LogP contribution is 2.41. The monoisotopic (exact) mass is 293 g/mol. The number of hydrogen-bond donors (Lipinski definition) is 1. The fraction of sp³-hybridized carbons (Fsp3) is 0.500. The summed E-state index contributed by atoms with van der Waals surface area (Å²) in [7, 11) is -3.62. The Labute approximate surface area is 109 Å². The van der Waals surface area contributed by atoms with Crippen LogP contribution in [0.5, 0.6) is 0 Å². The average molecular weight is 293 g/mol. The summed E-state index contributed by atoms with van der Waals surface area (Å²) in [5, 5.41) is 2.64. The Morgan fingerprint density at radius 3 is 2.68 bits per heavy atom. The molecule has 1 atom stereocenters. The molecule has 7 heteroatoms. The highest BCUT2D eigenvalue weighted by molar-refractivity contribution is 7.91. The molecule has 19 heavy (non-hydrogen) atoms. The molecule has 1 aliphatic heterocycles. The molecule has 1 aromatic rings. The lowest BCUT2D eigenvalue weighted by Gasteiger charge is -2.38. The van der Waals surface area contributed by atoms with E-state index in [2.05, 4.69) is 5.32 Å². The normalized spacial score (nSPS) is 25.3. The predicted octanol–water partition coefficient (Wildman–Crippen LogP) is 2.07. The second-order valence-corrected chi connectivity index (χ2v) is 6.59. The van der Waals surface area contributed by atoms with Crippen molar-refractivity contribution >= 4 is 9.84 Å². The van der Waals surface area contributed by atoms with E-state index in [4.69, 9.17) is 0 Å². The SMILES string of the molecule is CCNC1(C(F)F)CCS(=O)(=O)c2ccc(F)cc21. The van der Waals surface area contributed by atoms with Crippen molar-refractivity contribution in [1.29, 1.82) is 0 Å². The molecule has 1 aliphatic rings. The Balaban J connectivity index is 2.72. The van der Waals surface area contributed by atoms with Crippen molar-refractivity contribution in [3.8, 4) is 0 Å². The fourth-order valence-electron chi connectivity index (χ4n) is 2.46. The van der Waals surface area contributed by atoms with Crippen LogP contribution in [0.2, 0.25) is 0 Å². The highest BCUT2D eigenvalue weighted by Gasteiger charge is 2.48. The van der Waals surface area contributed by atoms with Crippen LogP contribution in [0.15, 0.2) is 23.1 Å². The van der Waals surface area contributed by atoms with Gasteiger partial charge in [0.15, 0.2) is 9.84 Å². The summed E-state index contributed by atoms with van der Waals surface area (Å²) in [6, 6.07) is 2.93. The first-order chi connectivity index (χ1) is 8.83. The van der Waals surface area contributed by atoms with Gasteiger partial charge in [-0.1, -0.05) is 6.92 Å². The summed E-state index contributed by atoms with van der Waals surface area (Å²) in [5.41, 5.74) is -1.96. The van der Waals surface area contributed by atoms with Crippen LogP contribution in [0, 0.1) is 5.82 Å². The van der Waals surface area contributed by atoms with E-state index in [9.17, 15) is 21.6 Å². The fourth-order valence-corrected chi connectivity index (χ4v) is 4.13. The lowest BCUT2D eigenvalue weighted by molar-refractivity contribution is 0.0226. The van der Waals surface area contributed by atoms with Crippen molar-refractivity contribution in [1.82, 2.24) is 5.32 Å². The number of nitrogens with one attached hydrogen (secondary N) is 1. The molecule has 1 unspecified atom stereocenters.